The molecule has 12 heteroatoms. The zero-order valence-corrected chi connectivity index (χ0v) is 24.6. The van der Waals surface area contributed by atoms with E-state index in [0.29, 0.717) is 29.3 Å². The number of rotatable bonds is 8. The summed E-state index contributed by atoms with van der Waals surface area (Å²) in [6.07, 6.45) is 1.45. The van der Waals surface area contributed by atoms with Gasteiger partial charge in [0.1, 0.15) is 28.4 Å². The van der Waals surface area contributed by atoms with Crippen LogP contribution < -0.4 is 16.4 Å². The number of carbonyl (C=O) groups is 3. The molecular formula is C28H39N7O5. The van der Waals surface area contributed by atoms with E-state index in [-0.39, 0.29) is 34.4 Å². The minimum Gasteiger partial charge on any atom is -0.444 e. The Labute approximate surface area is 234 Å². The molecule has 0 saturated heterocycles. The Morgan fingerprint density at radius 1 is 1.07 bits per heavy atom. The van der Waals surface area contributed by atoms with Crippen LogP contribution in [0, 0.1) is 5.41 Å². The summed E-state index contributed by atoms with van der Waals surface area (Å²) in [6.45, 7) is 16.9. The summed E-state index contributed by atoms with van der Waals surface area (Å²) in [5, 5.41) is 13.9. The Morgan fingerprint density at radius 3 is 2.27 bits per heavy atom. The summed E-state index contributed by atoms with van der Waals surface area (Å²) in [4.78, 5) is 42.4. The van der Waals surface area contributed by atoms with Crippen molar-refractivity contribution >= 4 is 29.5 Å². The highest BCUT2D eigenvalue weighted by atomic mass is 16.6. The van der Waals surface area contributed by atoms with Gasteiger partial charge in [-0.2, -0.15) is 5.10 Å². The minimum atomic E-state index is -0.775. The Kier molecular flexibility index (Phi) is 8.71. The van der Waals surface area contributed by atoms with Crippen molar-refractivity contribution in [3.63, 3.8) is 0 Å². The van der Waals surface area contributed by atoms with Gasteiger partial charge in [0.05, 0.1) is 11.6 Å². The standard InChI is InChI=1S/C28H39N7O5/c1-15(2)35-24(32-26(38)39-28(7,8)9)21(23(29)36)22(33-35)17-10-11-19(30-14-17)16(3)25(37)31-20-12-18(40-34-20)13-27(4,5)6/h10-12,14-16H,13H2,1-9H3,(H2,29,36)(H,32,38)(H,31,34,37). The van der Waals surface area contributed by atoms with Crippen LogP contribution in [0.5, 0.6) is 0 Å². The summed E-state index contributed by atoms with van der Waals surface area (Å²) in [5.74, 6) is -0.537. The first-order valence-electron chi connectivity index (χ1n) is 13.1. The number of nitrogens with one attached hydrogen (secondary N) is 2. The van der Waals surface area contributed by atoms with E-state index in [9.17, 15) is 14.4 Å². The first kappa shape index (κ1) is 30.3. The van der Waals surface area contributed by atoms with Gasteiger partial charge in [-0.1, -0.05) is 25.9 Å². The lowest BCUT2D eigenvalue weighted by molar-refractivity contribution is -0.117. The zero-order chi connectivity index (χ0) is 30.0. The molecule has 0 aliphatic heterocycles. The SMILES string of the molecule is CC(C(=O)Nc1cc(CC(C)(C)C)on1)c1ccc(-c2nn(C(C)C)c(NC(=O)OC(C)(C)C)c2C(N)=O)cn1. The molecule has 0 saturated carbocycles. The van der Waals surface area contributed by atoms with Gasteiger partial charge in [0.2, 0.25) is 5.91 Å². The quantitative estimate of drug-likeness (QED) is 0.338. The fraction of sp³-hybridized carbons (Fsp3) is 0.500. The van der Waals surface area contributed by atoms with Gasteiger partial charge in [0.25, 0.3) is 5.91 Å². The lowest BCUT2D eigenvalue weighted by atomic mass is 9.91. The van der Waals surface area contributed by atoms with Crippen LogP contribution in [0.4, 0.5) is 16.4 Å². The highest BCUT2D eigenvalue weighted by Crippen LogP contribution is 2.32. The fourth-order valence-electron chi connectivity index (χ4n) is 3.91. The Morgan fingerprint density at radius 2 is 1.75 bits per heavy atom. The van der Waals surface area contributed by atoms with Gasteiger partial charge in [-0.15, -0.1) is 0 Å². The molecule has 3 aromatic heterocycles. The molecule has 0 aromatic carbocycles. The average molecular weight is 554 g/mol. The first-order chi connectivity index (χ1) is 18.4. The normalized spacial score (nSPS) is 12.8. The average Bonchev–Trinajstić information content (AvgIpc) is 3.40. The van der Waals surface area contributed by atoms with Crippen molar-refractivity contribution in [1.82, 2.24) is 19.9 Å². The zero-order valence-electron chi connectivity index (χ0n) is 24.6. The third-order valence-electron chi connectivity index (χ3n) is 5.68. The van der Waals surface area contributed by atoms with Crippen molar-refractivity contribution in [2.75, 3.05) is 10.6 Å². The fourth-order valence-corrected chi connectivity index (χ4v) is 3.91. The van der Waals surface area contributed by atoms with Crippen LogP contribution >= 0.6 is 0 Å². The van der Waals surface area contributed by atoms with Crippen LogP contribution in [0.15, 0.2) is 28.9 Å². The summed E-state index contributed by atoms with van der Waals surface area (Å²) < 4.78 is 12.2. The Balaban J connectivity index is 1.84. The van der Waals surface area contributed by atoms with Crippen LogP contribution in [-0.4, -0.2) is 43.4 Å². The number of nitrogens with two attached hydrogens (primary N) is 1. The lowest BCUT2D eigenvalue weighted by Crippen LogP contribution is -2.29. The van der Waals surface area contributed by atoms with Crippen LogP contribution in [-0.2, 0) is 16.0 Å². The second-order valence-electron chi connectivity index (χ2n) is 12.2. The first-order valence-corrected chi connectivity index (χ1v) is 13.1. The van der Waals surface area contributed by atoms with Gasteiger partial charge in [-0.05, 0) is 59.1 Å². The molecular weight excluding hydrogens is 514 g/mol. The molecule has 1 unspecified atom stereocenters. The summed E-state index contributed by atoms with van der Waals surface area (Å²) in [6, 6.07) is 4.87. The molecule has 216 valence electrons. The molecule has 0 aliphatic rings. The van der Waals surface area contributed by atoms with Crippen LogP contribution in [0.1, 0.15) is 96.1 Å². The number of carbonyl (C=O) groups excluding carboxylic acids is 3. The number of nitrogens with zero attached hydrogens (tertiary/aromatic N) is 4. The van der Waals surface area contributed by atoms with Gasteiger partial charge in [-0.25, -0.2) is 9.48 Å². The van der Waals surface area contributed by atoms with E-state index in [1.807, 2.05) is 13.8 Å². The molecule has 3 aromatic rings. The van der Waals surface area contributed by atoms with Crippen molar-refractivity contribution < 1.29 is 23.6 Å². The third-order valence-corrected chi connectivity index (χ3v) is 5.68. The summed E-state index contributed by atoms with van der Waals surface area (Å²) in [5.41, 5.74) is 6.26. The van der Waals surface area contributed by atoms with E-state index >= 15 is 0 Å². The molecule has 3 amide bonds. The molecule has 0 spiro atoms. The largest absolute Gasteiger partial charge is 0.444 e. The Hall–Kier alpha value is -4.22. The molecule has 40 heavy (non-hydrogen) atoms. The van der Waals surface area contributed by atoms with Gasteiger partial charge in [0.15, 0.2) is 5.82 Å². The number of primary amides is 1. The predicted octanol–water partition coefficient (Wildman–Crippen LogP) is 5.29. The molecule has 0 bridgehead atoms. The van der Waals surface area contributed by atoms with Crippen molar-refractivity contribution in [3.8, 4) is 11.3 Å². The van der Waals surface area contributed by atoms with E-state index in [4.69, 9.17) is 15.0 Å². The maximum atomic E-state index is 12.9. The summed E-state index contributed by atoms with van der Waals surface area (Å²) in [7, 11) is 0. The molecule has 4 N–H and O–H groups in total. The van der Waals surface area contributed by atoms with Gasteiger partial charge >= 0.3 is 6.09 Å². The number of amides is 3. The number of aromatic nitrogens is 4. The highest BCUT2D eigenvalue weighted by Gasteiger charge is 2.28. The molecule has 0 fully saturated rings. The smallest absolute Gasteiger partial charge is 0.413 e. The Bertz CT molecular complexity index is 1380. The van der Waals surface area contributed by atoms with E-state index in [1.54, 1.807) is 45.9 Å². The van der Waals surface area contributed by atoms with Crippen LogP contribution in [0.2, 0.25) is 0 Å². The number of pyridine rings is 1. The van der Waals surface area contributed by atoms with E-state index < -0.39 is 23.5 Å². The van der Waals surface area contributed by atoms with Crippen LogP contribution in [0.25, 0.3) is 11.3 Å². The van der Waals surface area contributed by atoms with Crippen molar-refractivity contribution in [2.45, 2.75) is 86.3 Å². The second-order valence-corrected chi connectivity index (χ2v) is 12.2. The second kappa shape index (κ2) is 11.5. The molecule has 0 aliphatic carbocycles. The van der Waals surface area contributed by atoms with Gasteiger partial charge in [-0.3, -0.25) is 19.9 Å². The number of anilines is 2. The van der Waals surface area contributed by atoms with Crippen LogP contribution in [0.3, 0.4) is 0 Å². The van der Waals surface area contributed by atoms with E-state index in [0.717, 1.165) is 0 Å². The van der Waals surface area contributed by atoms with Crippen molar-refractivity contribution in [2.24, 2.45) is 11.1 Å². The van der Waals surface area contributed by atoms with Gasteiger partial charge in [0, 0.05) is 30.3 Å². The van der Waals surface area contributed by atoms with Crippen molar-refractivity contribution in [1.29, 1.82) is 0 Å². The molecule has 3 rings (SSSR count). The highest BCUT2D eigenvalue weighted by molar-refractivity contribution is 6.06. The summed E-state index contributed by atoms with van der Waals surface area (Å²) >= 11 is 0. The third kappa shape index (κ3) is 7.67. The molecule has 3 heterocycles. The van der Waals surface area contributed by atoms with Crippen molar-refractivity contribution in [3.05, 3.63) is 41.4 Å². The molecule has 0 radical (unpaired) electrons. The minimum absolute atomic E-state index is 0.0196. The number of hydrogen-bond donors (Lipinski definition) is 3. The maximum absolute atomic E-state index is 12.9. The number of ether oxygens (including phenoxy) is 1. The molecule has 12 nitrogen and oxygen atoms in total. The topological polar surface area (TPSA) is 167 Å². The molecule has 1 atom stereocenters. The maximum Gasteiger partial charge on any atom is 0.413 e. The lowest BCUT2D eigenvalue weighted by Gasteiger charge is -2.20. The van der Waals surface area contributed by atoms with Gasteiger partial charge < -0.3 is 20.3 Å². The monoisotopic (exact) mass is 553 g/mol. The van der Waals surface area contributed by atoms with E-state index in [1.165, 1.54) is 10.9 Å². The predicted molar refractivity (Wildman–Crippen MR) is 151 cm³/mol. The number of hydrogen-bond acceptors (Lipinski definition) is 8. The van der Waals surface area contributed by atoms with E-state index in [2.05, 4.69) is 46.6 Å².